The topological polar surface area (TPSA) is 23.5 Å². The molecule has 1 rings (SSSR count). The number of likely N-dealkylation sites (tertiary alicyclic amines) is 1. The Morgan fingerprint density at radius 1 is 1.36 bits per heavy atom. The number of hydrogen-bond acceptors (Lipinski definition) is 2. The Kier molecular flexibility index (Phi) is 3.78. The Morgan fingerprint density at radius 3 is 2.21 bits per heavy atom. The van der Waals surface area contributed by atoms with Crippen molar-refractivity contribution in [2.75, 3.05) is 19.7 Å². The van der Waals surface area contributed by atoms with Crippen molar-refractivity contribution in [3.05, 3.63) is 0 Å². The molecular formula is C9H16F3NO. The minimum atomic E-state index is -4.13. The summed E-state index contributed by atoms with van der Waals surface area (Å²) in [4.78, 5) is 1.44. The summed E-state index contributed by atoms with van der Waals surface area (Å²) in [5.41, 5.74) is 0. The zero-order chi connectivity index (χ0) is 10.8. The molecule has 0 aromatic rings. The number of hydrogen-bond donors (Lipinski definition) is 1. The van der Waals surface area contributed by atoms with Crippen molar-refractivity contribution in [2.24, 2.45) is 5.92 Å². The number of alkyl halides is 3. The standard InChI is InChI=1S/C9H16F3NO/c1-7(9(10,11)12)13-4-2-8(6-14)3-5-13/h7-8,14H,2-6H2,1H3. The van der Waals surface area contributed by atoms with Crippen molar-refractivity contribution in [1.29, 1.82) is 0 Å². The molecule has 0 aromatic heterocycles. The number of nitrogens with zero attached hydrogens (tertiary/aromatic N) is 1. The Morgan fingerprint density at radius 2 is 1.86 bits per heavy atom. The molecule has 0 spiro atoms. The molecule has 1 fully saturated rings. The summed E-state index contributed by atoms with van der Waals surface area (Å²) in [5.74, 6) is 0.187. The Hall–Kier alpha value is -0.290. The van der Waals surface area contributed by atoms with Crippen LogP contribution in [-0.4, -0.2) is 41.9 Å². The first-order chi connectivity index (χ1) is 6.45. The number of rotatable bonds is 2. The molecule has 1 saturated heterocycles. The van der Waals surface area contributed by atoms with Gasteiger partial charge in [-0.25, -0.2) is 0 Å². The number of piperidine rings is 1. The average Bonchev–Trinajstić information content (AvgIpc) is 2.15. The van der Waals surface area contributed by atoms with E-state index >= 15 is 0 Å². The Bertz CT molecular complexity index is 175. The van der Waals surface area contributed by atoms with Gasteiger partial charge in [-0.2, -0.15) is 13.2 Å². The van der Waals surface area contributed by atoms with Crippen LogP contribution in [0.1, 0.15) is 19.8 Å². The number of aliphatic hydroxyl groups is 1. The van der Waals surface area contributed by atoms with Crippen molar-refractivity contribution in [3.8, 4) is 0 Å². The minimum Gasteiger partial charge on any atom is -0.396 e. The van der Waals surface area contributed by atoms with Crippen LogP contribution in [0, 0.1) is 5.92 Å². The second-order valence-corrected chi connectivity index (χ2v) is 3.88. The quantitative estimate of drug-likeness (QED) is 0.750. The molecule has 0 amide bonds. The van der Waals surface area contributed by atoms with E-state index in [1.165, 1.54) is 11.8 Å². The monoisotopic (exact) mass is 211 g/mol. The molecule has 1 N–H and O–H groups in total. The van der Waals surface area contributed by atoms with E-state index in [4.69, 9.17) is 5.11 Å². The van der Waals surface area contributed by atoms with Crippen LogP contribution in [0.15, 0.2) is 0 Å². The van der Waals surface area contributed by atoms with Crippen molar-refractivity contribution < 1.29 is 18.3 Å². The minimum absolute atomic E-state index is 0.0915. The molecule has 14 heavy (non-hydrogen) atoms. The largest absolute Gasteiger partial charge is 0.403 e. The molecule has 1 unspecified atom stereocenters. The maximum atomic E-state index is 12.3. The summed E-state index contributed by atoms with van der Waals surface area (Å²) in [7, 11) is 0. The zero-order valence-corrected chi connectivity index (χ0v) is 8.22. The lowest BCUT2D eigenvalue weighted by molar-refractivity contribution is -0.182. The fourth-order valence-electron chi connectivity index (χ4n) is 1.73. The maximum Gasteiger partial charge on any atom is 0.403 e. The van der Waals surface area contributed by atoms with Crippen LogP contribution in [0.25, 0.3) is 0 Å². The predicted octanol–water partition coefficient (Wildman–Crippen LogP) is 1.64. The average molecular weight is 211 g/mol. The molecule has 0 radical (unpaired) electrons. The van der Waals surface area contributed by atoms with Crippen LogP contribution in [0.4, 0.5) is 13.2 Å². The van der Waals surface area contributed by atoms with Crippen molar-refractivity contribution in [3.63, 3.8) is 0 Å². The van der Waals surface area contributed by atoms with E-state index in [1.54, 1.807) is 0 Å². The zero-order valence-electron chi connectivity index (χ0n) is 8.22. The highest BCUT2D eigenvalue weighted by molar-refractivity contribution is 4.79. The molecule has 1 atom stereocenters. The van der Waals surface area contributed by atoms with E-state index in [0.29, 0.717) is 25.9 Å². The van der Waals surface area contributed by atoms with Crippen LogP contribution in [0.3, 0.4) is 0 Å². The van der Waals surface area contributed by atoms with Crippen molar-refractivity contribution in [1.82, 2.24) is 4.90 Å². The molecule has 1 heterocycles. The van der Waals surface area contributed by atoms with Crippen molar-refractivity contribution in [2.45, 2.75) is 32.0 Å². The highest BCUT2D eigenvalue weighted by Gasteiger charge is 2.40. The summed E-state index contributed by atoms with van der Waals surface area (Å²) in [5, 5.41) is 8.84. The van der Waals surface area contributed by atoms with Gasteiger partial charge in [0.15, 0.2) is 0 Å². The lowest BCUT2D eigenvalue weighted by atomic mass is 9.97. The third-order valence-corrected chi connectivity index (χ3v) is 2.93. The lowest BCUT2D eigenvalue weighted by Crippen LogP contribution is -2.47. The maximum absolute atomic E-state index is 12.3. The summed E-state index contributed by atoms with van der Waals surface area (Å²) in [6.45, 7) is 2.16. The van der Waals surface area contributed by atoms with Gasteiger partial charge in [0.05, 0.1) is 0 Å². The van der Waals surface area contributed by atoms with E-state index < -0.39 is 12.2 Å². The fourth-order valence-corrected chi connectivity index (χ4v) is 1.73. The Labute approximate surface area is 81.7 Å². The second-order valence-electron chi connectivity index (χ2n) is 3.88. The first-order valence-electron chi connectivity index (χ1n) is 4.86. The van der Waals surface area contributed by atoms with Gasteiger partial charge in [0.1, 0.15) is 6.04 Å². The van der Waals surface area contributed by atoms with Gasteiger partial charge in [0.25, 0.3) is 0 Å². The van der Waals surface area contributed by atoms with Gasteiger partial charge in [-0.05, 0) is 38.8 Å². The van der Waals surface area contributed by atoms with Crippen molar-refractivity contribution >= 4 is 0 Å². The van der Waals surface area contributed by atoms with Gasteiger partial charge >= 0.3 is 6.18 Å². The molecule has 0 aromatic carbocycles. The van der Waals surface area contributed by atoms with E-state index in [1.807, 2.05) is 0 Å². The summed E-state index contributed by atoms with van der Waals surface area (Å²) < 4.78 is 37.0. The summed E-state index contributed by atoms with van der Waals surface area (Å²) in [6.07, 6.45) is -2.81. The van der Waals surface area contributed by atoms with Crippen LogP contribution in [0.2, 0.25) is 0 Å². The summed E-state index contributed by atoms with van der Waals surface area (Å²) in [6, 6.07) is -1.36. The normalized spacial score (nSPS) is 23.8. The molecule has 1 aliphatic rings. The third kappa shape index (κ3) is 2.85. The lowest BCUT2D eigenvalue weighted by Gasteiger charge is -2.36. The molecule has 0 aliphatic carbocycles. The number of halogens is 3. The van der Waals surface area contributed by atoms with Crippen LogP contribution < -0.4 is 0 Å². The van der Waals surface area contributed by atoms with E-state index in [0.717, 1.165) is 0 Å². The molecule has 5 heteroatoms. The van der Waals surface area contributed by atoms with Crippen LogP contribution >= 0.6 is 0 Å². The fraction of sp³-hybridized carbons (Fsp3) is 1.00. The molecule has 84 valence electrons. The molecule has 0 saturated carbocycles. The summed E-state index contributed by atoms with van der Waals surface area (Å²) >= 11 is 0. The SMILES string of the molecule is CC(N1CCC(CO)CC1)C(F)(F)F. The van der Waals surface area contributed by atoms with E-state index in [-0.39, 0.29) is 12.5 Å². The van der Waals surface area contributed by atoms with Gasteiger partial charge < -0.3 is 5.11 Å². The first kappa shape index (κ1) is 11.8. The van der Waals surface area contributed by atoms with Gasteiger partial charge in [0, 0.05) is 6.61 Å². The molecule has 0 bridgehead atoms. The van der Waals surface area contributed by atoms with Gasteiger partial charge in [-0.15, -0.1) is 0 Å². The van der Waals surface area contributed by atoms with E-state index in [2.05, 4.69) is 0 Å². The number of aliphatic hydroxyl groups excluding tert-OH is 1. The molecular weight excluding hydrogens is 195 g/mol. The molecule has 1 aliphatic heterocycles. The van der Waals surface area contributed by atoms with Gasteiger partial charge in [-0.3, -0.25) is 4.90 Å². The third-order valence-electron chi connectivity index (χ3n) is 2.93. The smallest absolute Gasteiger partial charge is 0.396 e. The van der Waals surface area contributed by atoms with E-state index in [9.17, 15) is 13.2 Å². The second kappa shape index (κ2) is 4.49. The highest BCUT2D eigenvalue weighted by Crippen LogP contribution is 2.27. The first-order valence-corrected chi connectivity index (χ1v) is 4.86. The van der Waals surface area contributed by atoms with Crippen LogP contribution in [0.5, 0.6) is 0 Å². The van der Waals surface area contributed by atoms with Crippen LogP contribution in [-0.2, 0) is 0 Å². The predicted molar refractivity (Wildman–Crippen MR) is 46.9 cm³/mol. The van der Waals surface area contributed by atoms with Gasteiger partial charge in [-0.1, -0.05) is 0 Å². The Balaban J connectivity index is 2.42. The van der Waals surface area contributed by atoms with Gasteiger partial charge in [0.2, 0.25) is 0 Å². The highest BCUT2D eigenvalue weighted by atomic mass is 19.4. The molecule has 2 nitrogen and oxygen atoms in total.